The van der Waals surface area contributed by atoms with Gasteiger partial charge in [-0.3, -0.25) is 9.59 Å². The summed E-state index contributed by atoms with van der Waals surface area (Å²) >= 11 is 3.20. The largest absolute Gasteiger partial charge is 0.481 e. The molecule has 6 heteroatoms. The first kappa shape index (κ1) is 15.4. The summed E-state index contributed by atoms with van der Waals surface area (Å²) in [5.74, 6) is 0.0755. The van der Waals surface area contributed by atoms with Gasteiger partial charge in [0.25, 0.3) is 0 Å². The van der Waals surface area contributed by atoms with Crippen molar-refractivity contribution in [1.82, 2.24) is 5.32 Å². The van der Waals surface area contributed by atoms with Gasteiger partial charge in [-0.05, 0) is 43.0 Å². The minimum absolute atomic E-state index is 0.0590. The molecule has 0 radical (unpaired) electrons. The van der Waals surface area contributed by atoms with E-state index in [2.05, 4.69) is 5.32 Å². The SMILES string of the molecule is O=C(CSc1cccs1)NCC1CCC(C(=O)O)CC1. The number of amides is 1. The monoisotopic (exact) mass is 313 g/mol. The topological polar surface area (TPSA) is 66.4 Å². The molecule has 4 nitrogen and oxygen atoms in total. The molecular weight excluding hydrogens is 294 g/mol. The molecule has 0 bridgehead atoms. The van der Waals surface area contributed by atoms with E-state index in [4.69, 9.17) is 5.11 Å². The van der Waals surface area contributed by atoms with Crippen LogP contribution in [0.1, 0.15) is 25.7 Å². The normalized spacial score (nSPS) is 22.4. The Labute approximate surface area is 127 Å². The van der Waals surface area contributed by atoms with E-state index in [0.717, 1.165) is 29.9 Å². The van der Waals surface area contributed by atoms with Gasteiger partial charge < -0.3 is 10.4 Å². The molecule has 1 saturated carbocycles. The molecule has 1 aliphatic carbocycles. The minimum atomic E-state index is -0.681. The molecule has 0 atom stereocenters. The van der Waals surface area contributed by atoms with Crippen molar-refractivity contribution in [1.29, 1.82) is 0 Å². The van der Waals surface area contributed by atoms with Gasteiger partial charge in [0.1, 0.15) is 0 Å². The lowest BCUT2D eigenvalue weighted by Gasteiger charge is -2.26. The van der Waals surface area contributed by atoms with E-state index in [1.165, 1.54) is 0 Å². The summed E-state index contributed by atoms with van der Waals surface area (Å²) in [4.78, 5) is 22.6. The first-order valence-corrected chi connectivity index (χ1v) is 8.67. The Bertz CT molecular complexity index is 439. The number of thiophene rings is 1. The summed E-state index contributed by atoms with van der Waals surface area (Å²) in [6.45, 7) is 0.677. The number of carbonyl (C=O) groups is 2. The number of carbonyl (C=O) groups excluding carboxylic acids is 1. The van der Waals surface area contributed by atoms with E-state index in [1.807, 2.05) is 17.5 Å². The first-order valence-electron chi connectivity index (χ1n) is 6.81. The van der Waals surface area contributed by atoms with E-state index in [-0.39, 0.29) is 11.8 Å². The van der Waals surface area contributed by atoms with Crippen LogP contribution in [0.2, 0.25) is 0 Å². The molecular formula is C14H19NO3S2. The smallest absolute Gasteiger partial charge is 0.306 e. The van der Waals surface area contributed by atoms with Crippen LogP contribution >= 0.6 is 23.1 Å². The number of carboxylic acid groups (broad SMARTS) is 1. The van der Waals surface area contributed by atoms with Gasteiger partial charge in [0.05, 0.1) is 15.9 Å². The van der Waals surface area contributed by atoms with Crippen LogP contribution in [0.3, 0.4) is 0 Å². The summed E-state index contributed by atoms with van der Waals surface area (Å²) in [5.41, 5.74) is 0. The highest BCUT2D eigenvalue weighted by Gasteiger charge is 2.25. The van der Waals surface area contributed by atoms with E-state index < -0.39 is 5.97 Å². The Hall–Kier alpha value is -1.01. The molecule has 1 aromatic heterocycles. The third-order valence-electron chi connectivity index (χ3n) is 3.62. The number of hydrogen-bond acceptors (Lipinski definition) is 4. The van der Waals surface area contributed by atoms with Crippen molar-refractivity contribution in [3.63, 3.8) is 0 Å². The van der Waals surface area contributed by atoms with Gasteiger partial charge in [0.2, 0.25) is 5.91 Å². The molecule has 20 heavy (non-hydrogen) atoms. The number of aliphatic carboxylic acids is 1. The predicted molar refractivity (Wildman–Crippen MR) is 81.1 cm³/mol. The maximum Gasteiger partial charge on any atom is 0.306 e. The van der Waals surface area contributed by atoms with Crippen LogP contribution in [0.4, 0.5) is 0 Å². The van der Waals surface area contributed by atoms with Gasteiger partial charge in [-0.2, -0.15) is 0 Å². The van der Waals surface area contributed by atoms with Crippen LogP contribution < -0.4 is 5.32 Å². The van der Waals surface area contributed by atoms with E-state index in [9.17, 15) is 9.59 Å². The van der Waals surface area contributed by atoms with Crippen LogP contribution in [-0.4, -0.2) is 29.3 Å². The van der Waals surface area contributed by atoms with Crippen molar-refractivity contribution >= 4 is 35.0 Å². The zero-order chi connectivity index (χ0) is 14.4. The first-order chi connectivity index (χ1) is 9.65. The second-order valence-electron chi connectivity index (χ2n) is 5.08. The fourth-order valence-corrected chi connectivity index (χ4v) is 4.02. The van der Waals surface area contributed by atoms with Crippen molar-refractivity contribution < 1.29 is 14.7 Å². The summed E-state index contributed by atoms with van der Waals surface area (Å²) in [6, 6.07) is 3.99. The number of thioether (sulfide) groups is 1. The quantitative estimate of drug-likeness (QED) is 0.793. The minimum Gasteiger partial charge on any atom is -0.481 e. The molecule has 2 N–H and O–H groups in total. The lowest BCUT2D eigenvalue weighted by molar-refractivity contribution is -0.143. The standard InChI is InChI=1S/C14H19NO3S2/c16-12(9-20-13-2-1-7-19-13)15-8-10-3-5-11(6-4-10)14(17)18/h1-2,7,10-11H,3-6,8-9H2,(H,15,16)(H,17,18). The predicted octanol–water partition coefficient (Wildman–Crippen LogP) is 2.85. The van der Waals surface area contributed by atoms with Crippen molar-refractivity contribution in [2.24, 2.45) is 11.8 Å². The van der Waals surface area contributed by atoms with Gasteiger partial charge in [-0.15, -0.1) is 23.1 Å². The molecule has 1 aromatic rings. The molecule has 0 unspecified atom stereocenters. The zero-order valence-electron chi connectivity index (χ0n) is 11.2. The zero-order valence-corrected chi connectivity index (χ0v) is 12.8. The third-order valence-corrected chi connectivity index (χ3v) is 5.76. The average molecular weight is 313 g/mol. The second kappa shape index (κ2) is 7.69. The number of hydrogen-bond donors (Lipinski definition) is 2. The maximum absolute atomic E-state index is 11.7. The van der Waals surface area contributed by atoms with E-state index in [0.29, 0.717) is 18.2 Å². The molecule has 0 aliphatic heterocycles. The highest BCUT2D eigenvalue weighted by molar-refractivity contribution is 8.01. The van der Waals surface area contributed by atoms with E-state index in [1.54, 1.807) is 23.1 Å². The van der Waals surface area contributed by atoms with Gasteiger partial charge in [-0.25, -0.2) is 0 Å². The Balaban J connectivity index is 1.61. The molecule has 1 fully saturated rings. The Morgan fingerprint density at radius 3 is 2.70 bits per heavy atom. The summed E-state index contributed by atoms with van der Waals surface area (Å²) in [5, 5.41) is 13.9. The molecule has 1 heterocycles. The molecule has 0 spiro atoms. The van der Waals surface area contributed by atoms with Gasteiger partial charge in [0, 0.05) is 6.54 Å². The number of carboxylic acids is 1. The van der Waals surface area contributed by atoms with Crippen molar-refractivity contribution in [3.05, 3.63) is 17.5 Å². The number of rotatable bonds is 6. The van der Waals surface area contributed by atoms with Crippen LogP contribution in [0.25, 0.3) is 0 Å². The van der Waals surface area contributed by atoms with Crippen LogP contribution in [0.15, 0.2) is 21.7 Å². The highest BCUT2D eigenvalue weighted by Crippen LogP contribution is 2.28. The fraction of sp³-hybridized carbons (Fsp3) is 0.571. The third kappa shape index (κ3) is 4.83. The van der Waals surface area contributed by atoms with Crippen molar-refractivity contribution in [2.45, 2.75) is 29.9 Å². The lowest BCUT2D eigenvalue weighted by Crippen LogP contribution is -2.33. The summed E-state index contributed by atoms with van der Waals surface area (Å²) in [6.07, 6.45) is 3.27. The van der Waals surface area contributed by atoms with E-state index >= 15 is 0 Å². The fourth-order valence-electron chi connectivity index (χ4n) is 2.41. The van der Waals surface area contributed by atoms with Crippen molar-refractivity contribution in [2.75, 3.05) is 12.3 Å². The maximum atomic E-state index is 11.7. The van der Waals surface area contributed by atoms with Crippen molar-refractivity contribution in [3.8, 4) is 0 Å². The van der Waals surface area contributed by atoms with Gasteiger partial charge in [-0.1, -0.05) is 6.07 Å². The van der Waals surface area contributed by atoms with Gasteiger partial charge in [0.15, 0.2) is 0 Å². The molecule has 1 amide bonds. The van der Waals surface area contributed by atoms with Gasteiger partial charge >= 0.3 is 5.97 Å². The Morgan fingerprint density at radius 1 is 1.35 bits per heavy atom. The molecule has 0 aromatic carbocycles. The summed E-state index contributed by atoms with van der Waals surface area (Å²) in [7, 11) is 0. The van der Waals surface area contributed by atoms with Crippen LogP contribution in [-0.2, 0) is 9.59 Å². The molecule has 110 valence electrons. The Kier molecular flexibility index (Phi) is 5.91. The highest BCUT2D eigenvalue weighted by atomic mass is 32.2. The van der Waals surface area contributed by atoms with Crippen LogP contribution in [0.5, 0.6) is 0 Å². The average Bonchev–Trinajstić information content (AvgIpc) is 2.96. The molecule has 2 rings (SSSR count). The van der Waals surface area contributed by atoms with Crippen LogP contribution in [0, 0.1) is 11.8 Å². The second-order valence-corrected chi connectivity index (χ2v) is 7.30. The Morgan fingerprint density at radius 2 is 2.10 bits per heavy atom. The lowest BCUT2D eigenvalue weighted by atomic mass is 9.82. The summed E-state index contributed by atoms with van der Waals surface area (Å²) < 4.78 is 1.15. The number of nitrogens with one attached hydrogen (secondary N) is 1. The molecule has 0 saturated heterocycles. The molecule has 1 aliphatic rings.